The molecule has 3 aliphatic heterocycles. The van der Waals surface area contributed by atoms with Crippen LogP contribution in [0.1, 0.15) is 5.56 Å². The van der Waals surface area contributed by atoms with Crippen molar-refractivity contribution in [2.75, 3.05) is 12.1 Å². The largest absolute Gasteiger partial charge is 0.417 e. The number of nitrogens with zero attached hydrogens (tertiary/aromatic N) is 3. The van der Waals surface area contributed by atoms with Crippen LogP contribution in [0.5, 0.6) is 0 Å². The van der Waals surface area contributed by atoms with E-state index in [1.54, 1.807) is 12.2 Å². The lowest BCUT2D eigenvalue weighted by Gasteiger charge is -2.29. The molecule has 4 unspecified atom stereocenters. The SMILES string of the molecule is CN(c1ncc(C(F)(F)F)cc1Cl)N1C(=O)C2C3C=CC(O3)C2C1=O. The van der Waals surface area contributed by atoms with Gasteiger partial charge >= 0.3 is 6.18 Å². The molecule has 6 nitrogen and oxygen atoms in total. The number of amides is 2. The van der Waals surface area contributed by atoms with E-state index in [4.69, 9.17) is 16.3 Å². The minimum atomic E-state index is -4.59. The first kappa shape index (κ1) is 16.3. The number of imide groups is 1. The summed E-state index contributed by atoms with van der Waals surface area (Å²) in [5.41, 5.74) is -1.01. The highest BCUT2D eigenvalue weighted by Crippen LogP contribution is 2.46. The molecule has 0 aliphatic carbocycles. The first-order valence-corrected chi connectivity index (χ1v) is 7.76. The fourth-order valence-electron chi connectivity index (χ4n) is 3.50. The summed E-state index contributed by atoms with van der Waals surface area (Å²) in [6.07, 6.45) is -1.42. The standard InChI is InChI=1S/C15H11ClF3N3O3/c1-21(12-7(16)4-6(5-20-12)15(17,18)19)22-13(23)10-8-2-3-9(25-8)11(10)14(22)24/h2-5,8-11H,1H3. The van der Waals surface area contributed by atoms with E-state index >= 15 is 0 Å². The number of aromatic nitrogens is 1. The Kier molecular flexibility index (Phi) is 3.39. The van der Waals surface area contributed by atoms with Gasteiger partial charge in [-0.25, -0.2) is 4.98 Å². The number of hydrogen-bond donors (Lipinski definition) is 0. The molecule has 4 heterocycles. The van der Waals surface area contributed by atoms with Crippen molar-refractivity contribution in [2.45, 2.75) is 18.4 Å². The van der Waals surface area contributed by atoms with Crippen LogP contribution in [0.2, 0.25) is 5.02 Å². The van der Waals surface area contributed by atoms with Gasteiger partial charge in [0.2, 0.25) is 0 Å². The van der Waals surface area contributed by atoms with E-state index in [1.807, 2.05) is 0 Å². The van der Waals surface area contributed by atoms with Gasteiger partial charge in [-0.1, -0.05) is 23.8 Å². The predicted octanol–water partition coefficient (Wildman–Crippen LogP) is 2.04. The van der Waals surface area contributed by atoms with Crippen LogP contribution in [0.25, 0.3) is 0 Å². The molecule has 4 rings (SSSR count). The maximum atomic E-state index is 12.7. The monoisotopic (exact) mass is 373 g/mol. The van der Waals surface area contributed by atoms with Crippen molar-refractivity contribution in [2.24, 2.45) is 11.8 Å². The Hall–Kier alpha value is -2.13. The maximum Gasteiger partial charge on any atom is 0.417 e. The zero-order valence-corrected chi connectivity index (χ0v) is 13.5. The minimum absolute atomic E-state index is 0.113. The summed E-state index contributed by atoms with van der Waals surface area (Å²) < 4.78 is 43.7. The zero-order chi connectivity index (χ0) is 18.1. The highest BCUT2D eigenvalue weighted by molar-refractivity contribution is 6.33. The summed E-state index contributed by atoms with van der Waals surface area (Å²) in [7, 11) is 1.36. The molecule has 2 bridgehead atoms. The third-order valence-corrected chi connectivity index (χ3v) is 4.92. The molecule has 10 heteroatoms. The lowest BCUT2D eigenvalue weighted by Crippen LogP contribution is -2.46. The van der Waals surface area contributed by atoms with Crippen LogP contribution in [0.3, 0.4) is 0 Å². The summed E-state index contributed by atoms with van der Waals surface area (Å²) in [5.74, 6) is -2.33. The first-order valence-electron chi connectivity index (χ1n) is 7.38. The minimum Gasteiger partial charge on any atom is -0.365 e. The number of ether oxygens (including phenoxy) is 1. The Labute approximate surface area is 144 Å². The van der Waals surface area contributed by atoms with E-state index in [-0.39, 0.29) is 10.8 Å². The normalized spacial score (nSPS) is 30.4. The first-order chi connectivity index (χ1) is 11.7. The van der Waals surface area contributed by atoms with Gasteiger partial charge in [-0.3, -0.25) is 14.6 Å². The average molecular weight is 374 g/mol. The second-order valence-electron chi connectivity index (χ2n) is 6.04. The maximum absolute atomic E-state index is 12.7. The molecule has 0 spiro atoms. The molecule has 2 fully saturated rings. The van der Waals surface area contributed by atoms with Crippen molar-refractivity contribution in [3.8, 4) is 0 Å². The van der Waals surface area contributed by atoms with Gasteiger partial charge < -0.3 is 4.74 Å². The van der Waals surface area contributed by atoms with E-state index < -0.39 is 47.6 Å². The summed E-state index contributed by atoms with van der Waals surface area (Å²) in [6.45, 7) is 0. The molecule has 132 valence electrons. The average Bonchev–Trinajstić information content (AvgIpc) is 3.20. The molecule has 2 amide bonds. The van der Waals surface area contributed by atoms with Crippen molar-refractivity contribution in [3.63, 3.8) is 0 Å². The van der Waals surface area contributed by atoms with Gasteiger partial charge in [0.25, 0.3) is 11.8 Å². The molecule has 0 aromatic carbocycles. The van der Waals surface area contributed by atoms with E-state index in [2.05, 4.69) is 4.98 Å². The van der Waals surface area contributed by atoms with E-state index in [0.717, 1.165) is 10.0 Å². The molecule has 4 atom stereocenters. The number of carbonyl (C=O) groups excluding carboxylic acids is 2. The summed E-state index contributed by atoms with van der Waals surface area (Å²) >= 11 is 5.90. The predicted molar refractivity (Wildman–Crippen MR) is 79.3 cm³/mol. The van der Waals surface area contributed by atoms with Gasteiger partial charge in [-0.05, 0) is 6.07 Å². The third kappa shape index (κ3) is 2.26. The van der Waals surface area contributed by atoms with Crippen LogP contribution < -0.4 is 5.01 Å². The second kappa shape index (κ2) is 5.18. The van der Waals surface area contributed by atoms with Crippen LogP contribution in [-0.4, -0.2) is 41.1 Å². The van der Waals surface area contributed by atoms with Crippen LogP contribution in [0.4, 0.5) is 19.0 Å². The molecule has 25 heavy (non-hydrogen) atoms. The second-order valence-corrected chi connectivity index (χ2v) is 6.45. The van der Waals surface area contributed by atoms with Crippen molar-refractivity contribution < 1.29 is 27.5 Å². The van der Waals surface area contributed by atoms with Crippen molar-refractivity contribution >= 4 is 29.2 Å². The molecule has 0 radical (unpaired) electrons. The number of hydrazine groups is 1. The number of anilines is 1. The highest BCUT2D eigenvalue weighted by Gasteiger charge is 2.62. The fourth-order valence-corrected chi connectivity index (χ4v) is 3.79. The summed E-state index contributed by atoms with van der Waals surface area (Å²) in [4.78, 5) is 29.0. The number of rotatable bonds is 2. The van der Waals surface area contributed by atoms with E-state index in [1.165, 1.54) is 7.05 Å². The quantitative estimate of drug-likeness (QED) is 0.586. The molecular weight excluding hydrogens is 363 g/mol. The number of hydrogen-bond acceptors (Lipinski definition) is 5. The number of pyridine rings is 1. The Bertz CT molecular complexity index is 783. The fraction of sp³-hybridized carbons (Fsp3) is 0.400. The number of fused-ring (bicyclic) bond motifs is 5. The van der Waals surface area contributed by atoms with Crippen LogP contribution >= 0.6 is 11.6 Å². The number of halogens is 4. The van der Waals surface area contributed by atoms with Crippen LogP contribution in [-0.2, 0) is 20.5 Å². The van der Waals surface area contributed by atoms with Crippen molar-refractivity contribution in [1.82, 2.24) is 9.99 Å². The Morgan fingerprint density at radius 3 is 2.24 bits per heavy atom. The van der Waals surface area contributed by atoms with E-state index in [9.17, 15) is 22.8 Å². The van der Waals surface area contributed by atoms with Gasteiger partial charge in [0.05, 0.1) is 34.6 Å². The van der Waals surface area contributed by atoms with Gasteiger partial charge in [0, 0.05) is 13.2 Å². The topological polar surface area (TPSA) is 62.7 Å². The Morgan fingerprint density at radius 1 is 1.20 bits per heavy atom. The molecule has 1 aromatic heterocycles. The summed E-state index contributed by atoms with van der Waals surface area (Å²) in [6, 6.07) is 0.709. The third-order valence-electron chi connectivity index (χ3n) is 4.64. The highest BCUT2D eigenvalue weighted by atomic mass is 35.5. The smallest absolute Gasteiger partial charge is 0.365 e. The number of alkyl halides is 3. The molecule has 3 aliphatic rings. The van der Waals surface area contributed by atoms with Crippen molar-refractivity contribution in [3.05, 3.63) is 35.0 Å². The van der Waals surface area contributed by atoms with E-state index in [0.29, 0.717) is 12.3 Å². The molecular formula is C15H11ClF3N3O3. The Balaban J connectivity index is 1.65. The van der Waals surface area contributed by atoms with Gasteiger partial charge in [0.1, 0.15) is 0 Å². The molecule has 2 saturated heterocycles. The Morgan fingerprint density at radius 2 is 1.76 bits per heavy atom. The molecule has 0 saturated carbocycles. The van der Waals surface area contributed by atoms with Crippen molar-refractivity contribution in [1.29, 1.82) is 0 Å². The van der Waals surface area contributed by atoms with Crippen LogP contribution in [0, 0.1) is 11.8 Å². The summed E-state index contributed by atoms with van der Waals surface area (Å²) in [5, 5.41) is 1.66. The van der Waals surface area contributed by atoms with Crippen LogP contribution in [0.15, 0.2) is 24.4 Å². The van der Waals surface area contributed by atoms with Gasteiger partial charge in [-0.2, -0.15) is 18.2 Å². The molecule has 1 aromatic rings. The molecule has 0 N–H and O–H groups in total. The van der Waals surface area contributed by atoms with Gasteiger partial charge in [0.15, 0.2) is 5.82 Å². The lowest BCUT2D eigenvalue weighted by molar-refractivity contribution is -0.143. The lowest BCUT2D eigenvalue weighted by atomic mass is 9.85. The zero-order valence-electron chi connectivity index (χ0n) is 12.7. The van der Waals surface area contributed by atoms with Gasteiger partial charge in [-0.15, -0.1) is 0 Å². The number of carbonyl (C=O) groups is 2.